The van der Waals surface area contributed by atoms with Crippen LogP contribution in [0, 0.1) is 11.8 Å². The molecular weight excluding hydrogens is 386 g/mol. The first-order valence-electron chi connectivity index (χ1n) is 10.3. The van der Waals surface area contributed by atoms with Crippen LogP contribution in [-0.4, -0.2) is 59.4 Å². The van der Waals surface area contributed by atoms with Crippen LogP contribution in [0.5, 0.6) is 11.5 Å². The van der Waals surface area contributed by atoms with Crippen molar-refractivity contribution in [3.8, 4) is 11.5 Å². The predicted molar refractivity (Wildman–Crippen MR) is 112 cm³/mol. The summed E-state index contributed by atoms with van der Waals surface area (Å²) in [5.74, 6) is -0.855. The Labute approximate surface area is 176 Å². The molecule has 1 heterocycles. The summed E-state index contributed by atoms with van der Waals surface area (Å²) in [6.45, 7) is 3.46. The Morgan fingerprint density at radius 2 is 1.83 bits per heavy atom. The van der Waals surface area contributed by atoms with Crippen molar-refractivity contribution in [2.45, 2.75) is 31.7 Å². The molecule has 0 spiro atoms. The van der Waals surface area contributed by atoms with Gasteiger partial charge in [-0.2, -0.15) is 0 Å². The van der Waals surface area contributed by atoms with Crippen LogP contribution >= 0.6 is 0 Å². The van der Waals surface area contributed by atoms with E-state index in [2.05, 4.69) is 0 Å². The van der Waals surface area contributed by atoms with Gasteiger partial charge in [-0.15, -0.1) is 0 Å². The number of methoxy groups -OCH3 is 1. The summed E-state index contributed by atoms with van der Waals surface area (Å²) in [4.78, 5) is 25.8. The molecule has 0 saturated carbocycles. The molecule has 0 amide bonds. The number of likely N-dealkylation sites (tertiary alicyclic amines) is 1. The Hall–Kier alpha value is -2.80. The van der Waals surface area contributed by atoms with Gasteiger partial charge in [-0.05, 0) is 50.4 Å². The molecule has 0 radical (unpaired) electrons. The van der Waals surface area contributed by atoms with Gasteiger partial charge in [-0.25, -0.2) is 9.59 Å². The number of ether oxygens (including phenoxy) is 2. The molecule has 1 fully saturated rings. The van der Waals surface area contributed by atoms with Crippen LogP contribution in [0.25, 0.3) is 0 Å². The van der Waals surface area contributed by atoms with Crippen molar-refractivity contribution >= 4 is 11.9 Å². The zero-order valence-corrected chi connectivity index (χ0v) is 17.4. The largest absolute Gasteiger partial charge is 0.493 e. The van der Waals surface area contributed by atoms with Gasteiger partial charge >= 0.3 is 11.9 Å². The number of piperidine rings is 1. The number of allylic oxidation sites excluding steroid dienone is 2. The fourth-order valence-electron chi connectivity index (χ4n) is 4.52. The van der Waals surface area contributed by atoms with Crippen LogP contribution in [-0.2, 0) is 9.59 Å². The highest BCUT2D eigenvalue weighted by molar-refractivity contribution is 5.92. The maximum Gasteiger partial charge on any atom is 0.331 e. The Bertz CT molecular complexity index is 840. The van der Waals surface area contributed by atoms with Gasteiger partial charge in [-0.1, -0.05) is 37.3 Å². The summed E-state index contributed by atoms with van der Waals surface area (Å²) in [5, 5.41) is 19.5. The Kier molecular flexibility index (Phi) is 6.82. The number of para-hydroxylation sites is 2. The molecule has 1 aliphatic heterocycles. The highest BCUT2D eigenvalue weighted by atomic mass is 16.5. The molecule has 1 saturated heterocycles. The fraction of sp³-hybridized carbons (Fsp3) is 0.478. The number of rotatable bonds is 8. The average Bonchev–Trinajstić information content (AvgIpc) is 2.74. The van der Waals surface area contributed by atoms with Crippen molar-refractivity contribution < 1.29 is 29.3 Å². The van der Waals surface area contributed by atoms with Gasteiger partial charge in [0.15, 0.2) is 11.5 Å². The number of nitrogens with zero attached hydrogens (tertiary/aromatic N) is 1. The molecule has 1 aromatic carbocycles. The van der Waals surface area contributed by atoms with E-state index in [4.69, 9.17) is 9.47 Å². The van der Waals surface area contributed by atoms with E-state index in [1.807, 2.05) is 29.2 Å². The van der Waals surface area contributed by atoms with Crippen molar-refractivity contribution in [3.63, 3.8) is 0 Å². The minimum absolute atomic E-state index is 0.132. The maximum atomic E-state index is 12.3. The van der Waals surface area contributed by atoms with Crippen molar-refractivity contribution in [3.05, 3.63) is 48.1 Å². The van der Waals surface area contributed by atoms with Crippen LogP contribution < -0.4 is 9.47 Å². The predicted octanol–water partition coefficient (Wildman–Crippen LogP) is 3.22. The molecule has 0 bridgehead atoms. The van der Waals surface area contributed by atoms with Gasteiger partial charge in [0.05, 0.1) is 13.7 Å². The minimum Gasteiger partial charge on any atom is -0.493 e. The molecule has 7 heteroatoms. The highest BCUT2D eigenvalue weighted by Crippen LogP contribution is 2.38. The summed E-state index contributed by atoms with van der Waals surface area (Å²) in [6.07, 6.45) is 7.25. The van der Waals surface area contributed by atoms with E-state index < -0.39 is 23.4 Å². The molecule has 7 nitrogen and oxygen atoms in total. The number of carboxylic acids is 2. The zero-order chi connectivity index (χ0) is 21.7. The van der Waals surface area contributed by atoms with Crippen LogP contribution in [0.4, 0.5) is 0 Å². The molecule has 2 aliphatic rings. The summed E-state index contributed by atoms with van der Waals surface area (Å²) >= 11 is 0. The molecule has 2 atom stereocenters. The van der Waals surface area contributed by atoms with Crippen molar-refractivity contribution in [2.75, 3.05) is 26.8 Å². The standard InChI is InChI=1S/C23H29NO6/c1-16-18(21(25)26)6-5-12-23(16,22(27)28)24-13-9-17(10-14-24)11-15-30-20-8-4-3-7-19(20)29-2/h3-8,12,16-17H,9-11,13-15H2,1-2H3,(H,25,26)(H,27,28). The molecule has 162 valence electrons. The normalized spacial score (nSPS) is 24.9. The van der Waals surface area contributed by atoms with Gasteiger partial charge in [-0.3, -0.25) is 4.90 Å². The highest BCUT2D eigenvalue weighted by Gasteiger charge is 2.50. The third-order valence-corrected chi connectivity index (χ3v) is 6.33. The third-order valence-electron chi connectivity index (χ3n) is 6.33. The molecule has 1 aromatic rings. The topological polar surface area (TPSA) is 96.3 Å². The first-order valence-corrected chi connectivity index (χ1v) is 10.3. The summed E-state index contributed by atoms with van der Waals surface area (Å²) < 4.78 is 11.2. The number of aliphatic carboxylic acids is 2. The lowest BCUT2D eigenvalue weighted by atomic mass is 9.74. The summed E-state index contributed by atoms with van der Waals surface area (Å²) in [6, 6.07) is 7.53. The van der Waals surface area contributed by atoms with E-state index in [9.17, 15) is 19.8 Å². The Balaban J connectivity index is 1.59. The molecule has 1 aliphatic carbocycles. The van der Waals surface area contributed by atoms with Crippen LogP contribution in [0.2, 0.25) is 0 Å². The van der Waals surface area contributed by atoms with Gasteiger partial charge in [0.1, 0.15) is 5.54 Å². The fourth-order valence-corrected chi connectivity index (χ4v) is 4.52. The smallest absolute Gasteiger partial charge is 0.331 e. The molecule has 30 heavy (non-hydrogen) atoms. The van der Waals surface area contributed by atoms with Crippen LogP contribution in [0.1, 0.15) is 26.2 Å². The van der Waals surface area contributed by atoms with Crippen LogP contribution in [0.15, 0.2) is 48.1 Å². The quantitative estimate of drug-likeness (QED) is 0.673. The first kappa shape index (κ1) is 21.9. The lowest BCUT2D eigenvalue weighted by molar-refractivity contribution is -0.152. The van der Waals surface area contributed by atoms with Gasteiger partial charge in [0.25, 0.3) is 0 Å². The van der Waals surface area contributed by atoms with E-state index in [1.165, 1.54) is 6.08 Å². The van der Waals surface area contributed by atoms with E-state index in [0.717, 1.165) is 25.0 Å². The first-order chi connectivity index (χ1) is 14.4. The second-order valence-corrected chi connectivity index (χ2v) is 7.86. The number of hydrogen-bond acceptors (Lipinski definition) is 5. The van der Waals surface area contributed by atoms with Crippen molar-refractivity contribution in [2.24, 2.45) is 11.8 Å². The molecule has 2 unspecified atom stereocenters. The molecule has 2 N–H and O–H groups in total. The van der Waals surface area contributed by atoms with E-state index in [1.54, 1.807) is 26.2 Å². The number of hydrogen-bond donors (Lipinski definition) is 2. The number of carboxylic acid groups (broad SMARTS) is 2. The van der Waals surface area contributed by atoms with E-state index in [-0.39, 0.29) is 5.57 Å². The van der Waals surface area contributed by atoms with E-state index in [0.29, 0.717) is 31.4 Å². The molecule has 0 aromatic heterocycles. The second kappa shape index (κ2) is 9.34. The minimum atomic E-state index is -1.32. The molecular formula is C23H29NO6. The third kappa shape index (κ3) is 4.21. The van der Waals surface area contributed by atoms with Crippen molar-refractivity contribution in [1.82, 2.24) is 4.90 Å². The monoisotopic (exact) mass is 415 g/mol. The SMILES string of the molecule is COc1ccccc1OCCC1CCN(C2(C(=O)O)C=CC=C(C(=O)O)C2C)CC1. The lowest BCUT2D eigenvalue weighted by Gasteiger charge is -2.47. The average molecular weight is 415 g/mol. The van der Waals surface area contributed by atoms with Gasteiger partial charge in [0, 0.05) is 11.5 Å². The second-order valence-electron chi connectivity index (χ2n) is 7.86. The molecule has 3 rings (SSSR count). The number of carbonyl (C=O) groups is 2. The Morgan fingerprint density at radius 1 is 1.17 bits per heavy atom. The maximum absolute atomic E-state index is 12.3. The van der Waals surface area contributed by atoms with Crippen LogP contribution in [0.3, 0.4) is 0 Å². The summed E-state index contributed by atoms with van der Waals surface area (Å²) in [5.41, 5.74) is -1.19. The number of benzene rings is 1. The zero-order valence-electron chi connectivity index (χ0n) is 17.4. The van der Waals surface area contributed by atoms with Gasteiger partial charge < -0.3 is 19.7 Å². The van der Waals surface area contributed by atoms with Gasteiger partial charge in [0.2, 0.25) is 0 Å². The summed E-state index contributed by atoms with van der Waals surface area (Å²) in [7, 11) is 1.61. The lowest BCUT2D eigenvalue weighted by Crippen LogP contribution is -2.61. The van der Waals surface area contributed by atoms with Crippen molar-refractivity contribution in [1.29, 1.82) is 0 Å². The van der Waals surface area contributed by atoms with E-state index >= 15 is 0 Å². The Morgan fingerprint density at radius 3 is 2.43 bits per heavy atom.